The first-order chi connectivity index (χ1) is 22.7. The van der Waals surface area contributed by atoms with Crippen LogP contribution < -0.4 is 18.6 Å². The summed E-state index contributed by atoms with van der Waals surface area (Å²) < 4.78 is 16.5. The summed E-state index contributed by atoms with van der Waals surface area (Å²) in [5, 5.41) is 0.533. The number of para-hydroxylation sites is 4. The van der Waals surface area contributed by atoms with Crippen molar-refractivity contribution in [2.45, 2.75) is 61.9 Å². The summed E-state index contributed by atoms with van der Waals surface area (Å²) in [4.78, 5) is 17.2. The Balaban J connectivity index is 1.20. The summed E-state index contributed by atoms with van der Waals surface area (Å²) in [6.45, 7) is 0. The molecule has 8 rings (SSSR count). The van der Waals surface area contributed by atoms with Gasteiger partial charge in [0, 0.05) is 23.3 Å². The maximum atomic E-state index is 5.95. The van der Waals surface area contributed by atoms with Crippen LogP contribution in [0.1, 0.15) is 71.5 Å². The normalized spacial score (nSPS) is 18.1. The summed E-state index contributed by atoms with van der Waals surface area (Å²) >= 11 is 0. The Morgan fingerprint density at radius 2 is 1.09 bits per heavy atom. The molecule has 0 fully saturated rings. The Hall–Kier alpha value is -4.02. The maximum absolute atomic E-state index is 5.95. The molecule has 8 nitrogen and oxygen atoms in total. The SMILES string of the molecule is COc1cc[n+](-c2nc3ccccc3[nH]2)c2c1CCCCC2SSC1CCCCc2c(OC)cc[n+](-c3nc4ccccc4[nH]3)c21. The van der Waals surface area contributed by atoms with Gasteiger partial charge in [0.25, 0.3) is 0 Å². The van der Waals surface area contributed by atoms with Crippen molar-refractivity contribution in [1.82, 2.24) is 19.9 Å². The van der Waals surface area contributed by atoms with Gasteiger partial charge in [-0.2, -0.15) is 0 Å². The Morgan fingerprint density at radius 1 is 0.630 bits per heavy atom. The number of hydrogen-bond acceptors (Lipinski definition) is 6. The summed E-state index contributed by atoms with van der Waals surface area (Å²) in [7, 11) is 7.58. The van der Waals surface area contributed by atoms with E-state index in [0.717, 1.165) is 84.0 Å². The van der Waals surface area contributed by atoms with Crippen molar-refractivity contribution in [2.75, 3.05) is 14.2 Å². The number of pyridine rings is 2. The second kappa shape index (κ2) is 12.6. The lowest BCUT2D eigenvalue weighted by Gasteiger charge is -2.23. The van der Waals surface area contributed by atoms with E-state index in [0.29, 0.717) is 0 Å². The number of aromatic nitrogens is 6. The molecule has 2 unspecified atom stereocenters. The van der Waals surface area contributed by atoms with Crippen LogP contribution in [0.25, 0.3) is 34.0 Å². The average molecular weight is 651 g/mol. The van der Waals surface area contributed by atoms with Crippen molar-refractivity contribution in [3.63, 3.8) is 0 Å². The van der Waals surface area contributed by atoms with Crippen molar-refractivity contribution >= 4 is 43.7 Å². The Morgan fingerprint density at radius 3 is 1.52 bits per heavy atom. The van der Waals surface area contributed by atoms with Gasteiger partial charge in [-0.1, -0.05) is 68.7 Å². The molecule has 46 heavy (non-hydrogen) atoms. The molecular formula is C36H38N6O2S2+2. The zero-order valence-electron chi connectivity index (χ0n) is 26.2. The Kier molecular flexibility index (Phi) is 8.08. The van der Waals surface area contributed by atoms with Gasteiger partial charge < -0.3 is 9.47 Å². The largest absolute Gasteiger partial charge is 0.496 e. The van der Waals surface area contributed by atoms with Gasteiger partial charge in [-0.05, 0) is 62.8 Å². The molecule has 2 aliphatic rings. The molecule has 0 radical (unpaired) electrons. The van der Waals surface area contributed by atoms with Crippen molar-refractivity contribution in [2.24, 2.45) is 0 Å². The van der Waals surface area contributed by atoms with E-state index in [2.05, 4.69) is 80.0 Å². The predicted molar refractivity (Wildman–Crippen MR) is 184 cm³/mol. The van der Waals surface area contributed by atoms with E-state index in [1.54, 1.807) is 14.2 Å². The summed E-state index contributed by atoms with van der Waals surface area (Å²) in [5.74, 6) is 3.63. The molecule has 4 heterocycles. The highest BCUT2D eigenvalue weighted by atomic mass is 33.1. The molecule has 6 aromatic rings. The lowest BCUT2D eigenvalue weighted by molar-refractivity contribution is -0.612. The number of nitrogens with zero attached hydrogens (tertiary/aromatic N) is 4. The van der Waals surface area contributed by atoms with E-state index in [4.69, 9.17) is 19.4 Å². The van der Waals surface area contributed by atoms with Crippen LogP contribution in [0.4, 0.5) is 0 Å². The number of fused-ring (bicyclic) bond motifs is 4. The molecule has 234 valence electrons. The third kappa shape index (κ3) is 5.31. The standard InChI is InChI=1S/C36H38N6O2S2/c1-43-29-19-21-41(35-37-25-13-5-6-14-26(25)38-35)33-23(29)11-3-9-17-31(33)45-46-32-18-10-4-12-24-30(44-2)20-22-42(34(24)32)36-39-27-15-7-8-16-28(27)40-36/h5-8,13-16,19-22,31-32H,3-4,9-12,17-18H2,1-2H3,(H,37,38)(H,39,40)/q+2. The zero-order chi connectivity index (χ0) is 31.0. The van der Waals surface area contributed by atoms with Crippen LogP contribution in [0.5, 0.6) is 11.5 Å². The molecule has 2 aromatic carbocycles. The highest BCUT2D eigenvalue weighted by Crippen LogP contribution is 2.52. The predicted octanol–water partition coefficient (Wildman–Crippen LogP) is 7.63. The van der Waals surface area contributed by atoms with Crippen LogP contribution in [-0.4, -0.2) is 34.2 Å². The first-order valence-corrected chi connectivity index (χ1v) is 18.4. The van der Waals surface area contributed by atoms with Crippen molar-refractivity contribution < 1.29 is 18.6 Å². The molecule has 0 spiro atoms. The maximum Gasteiger partial charge on any atom is 0.402 e. The van der Waals surface area contributed by atoms with E-state index in [-0.39, 0.29) is 10.5 Å². The van der Waals surface area contributed by atoms with Crippen molar-refractivity contribution in [1.29, 1.82) is 0 Å². The second-order valence-corrected chi connectivity index (χ2v) is 14.7. The number of methoxy groups -OCH3 is 2. The quantitative estimate of drug-likeness (QED) is 0.105. The molecule has 0 aliphatic heterocycles. The fourth-order valence-corrected chi connectivity index (χ4v) is 10.5. The van der Waals surface area contributed by atoms with E-state index < -0.39 is 0 Å². The third-order valence-corrected chi connectivity index (χ3v) is 12.5. The van der Waals surface area contributed by atoms with Gasteiger partial charge in [0.1, 0.15) is 33.9 Å². The second-order valence-electron chi connectivity index (χ2n) is 12.1. The number of nitrogens with one attached hydrogen (secondary N) is 2. The van der Waals surface area contributed by atoms with E-state index in [1.807, 2.05) is 33.7 Å². The lowest BCUT2D eigenvalue weighted by Crippen LogP contribution is -2.39. The minimum atomic E-state index is 0.266. The van der Waals surface area contributed by atoms with Gasteiger partial charge in [0.15, 0.2) is 11.0 Å². The first kappa shape index (κ1) is 29.4. The third-order valence-electron chi connectivity index (χ3n) is 9.32. The number of benzene rings is 2. The van der Waals surface area contributed by atoms with Crippen LogP contribution >= 0.6 is 21.6 Å². The van der Waals surface area contributed by atoms with Crippen LogP contribution in [0.2, 0.25) is 0 Å². The molecule has 0 bridgehead atoms. The number of aromatic amines is 2. The minimum Gasteiger partial charge on any atom is -0.496 e. The molecule has 2 aliphatic carbocycles. The van der Waals surface area contributed by atoms with Crippen molar-refractivity contribution in [3.8, 4) is 23.4 Å². The molecule has 4 aromatic heterocycles. The van der Waals surface area contributed by atoms with Gasteiger partial charge in [-0.15, -0.1) is 0 Å². The molecular weight excluding hydrogens is 613 g/mol. The number of rotatable bonds is 7. The Bertz CT molecular complexity index is 1830. The average Bonchev–Trinajstić information content (AvgIpc) is 3.59. The zero-order valence-corrected chi connectivity index (χ0v) is 27.8. The van der Waals surface area contributed by atoms with E-state index in [1.165, 1.54) is 35.4 Å². The van der Waals surface area contributed by atoms with Gasteiger partial charge in [0.05, 0.1) is 37.1 Å². The highest BCUT2D eigenvalue weighted by Gasteiger charge is 2.34. The number of H-pyrrole nitrogens is 2. The summed E-state index contributed by atoms with van der Waals surface area (Å²) in [6, 6.07) is 20.7. The van der Waals surface area contributed by atoms with Gasteiger partial charge in [-0.25, -0.2) is 19.1 Å². The van der Waals surface area contributed by atoms with E-state index >= 15 is 0 Å². The number of imidazole rings is 2. The summed E-state index contributed by atoms with van der Waals surface area (Å²) in [6.07, 6.45) is 13.1. The smallest absolute Gasteiger partial charge is 0.402 e. The first-order valence-electron chi connectivity index (χ1n) is 16.2. The number of ether oxygens (including phenoxy) is 2. The van der Waals surface area contributed by atoms with Crippen LogP contribution in [0.15, 0.2) is 73.1 Å². The van der Waals surface area contributed by atoms with Crippen LogP contribution in [0.3, 0.4) is 0 Å². The van der Waals surface area contributed by atoms with Crippen molar-refractivity contribution in [3.05, 3.63) is 95.6 Å². The molecule has 10 heteroatoms. The topological polar surface area (TPSA) is 83.6 Å². The van der Waals surface area contributed by atoms with Gasteiger partial charge >= 0.3 is 11.9 Å². The van der Waals surface area contributed by atoms with Crippen LogP contribution in [-0.2, 0) is 12.8 Å². The van der Waals surface area contributed by atoms with Gasteiger partial charge in [0.2, 0.25) is 0 Å². The van der Waals surface area contributed by atoms with Gasteiger partial charge in [-0.3, -0.25) is 0 Å². The monoisotopic (exact) mass is 650 g/mol. The molecule has 0 saturated carbocycles. The molecule has 2 N–H and O–H groups in total. The minimum absolute atomic E-state index is 0.266. The van der Waals surface area contributed by atoms with Crippen LogP contribution in [0, 0.1) is 0 Å². The molecule has 0 amide bonds. The highest BCUT2D eigenvalue weighted by molar-refractivity contribution is 8.76. The molecule has 0 saturated heterocycles. The molecule has 2 atom stereocenters. The Labute approximate surface area is 276 Å². The fourth-order valence-electron chi connectivity index (χ4n) is 7.11. The fraction of sp³-hybridized carbons (Fsp3) is 0.333. The summed E-state index contributed by atoms with van der Waals surface area (Å²) in [5.41, 5.74) is 9.20. The number of hydrogen-bond donors (Lipinski definition) is 2. The lowest BCUT2D eigenvalue weighted by atomic mass is 10.1. The van der Waals surface area contributed by atoms with E-state index in [9.17, 15) is 0 Å².